The molecule has 31 heavy (non-hydrogen) atoms. The van der Waals surface area contributed by atoms with Gasteiger partial charge < -0.3 is 11.1 Å². The van der Waals surface area contributed by atoms with E-state index in [4.69, 9.17) is 10.7 Å². The van der Waals surface area contributed by atoms with Gasteiger partial charge in [0.15, 0.2) is 5.16 Å². The predicted octanol–water partition coefficient (Wildman–Crippen LogP) is 3.88. The Kier molecular flexibility index (Phi) is 6.23. The highest BCUT2D eigenvalue weighted by atomic mass is 32.2. The van der Waals surface area contributed by atoms with Crippen LogP contribution in [0.25, 0.3) is 10.2 Å². The quantitative estimate of drug-likeness (QED) is 0.397. The fourth-order valence-corrected chi connectivity index (χ4v) is 6.72. The number of rotatable bonds is 7. The Morgan fingerprint density at radius 3 is 2.81 bits per heavy atom. The Bertz CT molecular complexity index is 1220. The number of nitrogens with one attached hydrogen (secondary N) is 1. The van der Waals surface area contributed by atoms with Crippen LogP contribution >= 0.6 is 34.4 Å². The van der Waals surface area contributed by atoms with E-state index in [0.717, 1.165) is 35.0 Å². The van der Waals surface area contributed by atoms with Gasteiger partial charge in [-0.25, -0.2) is 4.98 Å². The van der Waals surface area contributed by atoms with Crippen LogP contribution in [0, 0.1) is 5.92 Å². The largest absolute Gasteiger partial charge is 0.366 e. The first-order valence-corrected chi connectivity index (χ1v) is 12.7. The van der Waals surface area contributed by atoms with Crippen molar-refractivity contribution in [2.45, 2.75) is 57.0 Å². The third-order valence-electron chi connectivity index (χ3n) is 5.16. The first-order valence-electron chi connectivity index (χ1n) is 10.2. The van der Waals surface area contributed by atoms with Crippen molar-refractivity contribution in [3.05, 3.63) is 37.8 Å². The van der Waals surface area contributed by atoms with Gasteiger partial charge in [-0.2, -0.15) is 0 Å². The molecule has 3 N–H and O–H groups in total. The number of carbonyl (C=O) groups is 2. The Balaban J connectivity index is 1.65. The van der Waals surface area contributed by atoms with Gasteiger partial charge >= 0.3 is 0 Å². The van der Waals surface area contributed by atoms with Crippen molar-refractivity contribution < 1.29 is 9.59 Å². The highest BCUT2D eigenvalue weighted by molar-refractivity contribution is 8.00. The van der Waals surface area contributed by atoms with Gasteiger partial charge in [0.1, 0.15) is 9.83 Å². The third-order valence-corrected chi connectivity index (χ3v) is 8.26. The number of anilines is 1. The molecule has 10 heteroatoms. The number of thiophene rings is 2. The van der Waals surface area contributed by atoms with Crippen molar-refractivity contribution in [1.29, 1.82) is 0 Å². The van der Waals surface area contributed by atoms with E-state index < -0.39 is 11.2 Å². The zero-order chi connectivity index (χ0) is 22.3. The number of nitrogens with zero attached hydrogens (tertiary/aromatic N) is 2. The molecule has 0 saturated heterocycles. The molecule has 3 heterocycles. The second-order valence-electron chi connectivity index (χ2n) is 8.02. The standard InChI is InChI=1S/C21H24N4O3S3/c1-10(2)9-25-20(28)15-12-5-4-6-14(12)31-19(15)24-21(25)30-11(3)17(27)23-18-13(16(22)26)7-8-29-18/h7-8,10-11H,4-6,9H2,1-3H3,(H2,22,26)(H,23,27)/t11-/m1/s1. The summed E-state index contributed by atoms with van der Waals surface area (Å²) in [7, 11) is 0. The van der Waals surface area contributed by atoms with Crippen molar-refractivity contribution in [3.8, 4) is 0 Å². The molecule has 0 aromatic carbocycles. The van der Waals surface area contributed by atoms with Crippen LogP contribution in [0.2, 0.25) is 0 Å². The Morgan fingerprint density at radius 2 is 2.10 bits per heavy atom. The summed E-state index contributed by atoms with van der Waals surface area (Å²) in [5, 5.41) is 5.71. The van der Waals surface area contributed by atoms with Crippen molar-refractivity contribution in [2.24, 2.45) is 11.7 Å². The maximum Gasteiger partial charge on any atom is 0.263 e. The molecule has 7 nitrogen and oxygen atoms in total. The molecule has 0 bridgehead atoms. The molecule has 164 valence electrons. The lowest BCUT2D eigenvalue weighted by molar-refractivity contribution is -0.115. The molecule has 0 fully saturated rings. The van der Waals surface area contributed by atoms with Gasteiger partial charge in [0.05, 0.1) is 16.2 Å². The van der Waals surface area contributed by atoms with Gasteiger partial charge in [0.25, 0.3) is 11.5 Å². The van der Waals surface area contributed by atoms with Gasteiger partial charge in [-0.3, -0.25) is 19.0 Å². The molecule has 1 aliphatic rings. The van der Waals surface area contributed by atoms with E-state index in [1.54, 1.807) is 34.3 Å². The molecule has 0 spiro atoms. The molecule has 1 atom stereocenters. The van der Waals surface area contributed by atoms with E-state index in [2.05, 4.69) is 19.2 Å². The van der Waals surface area contributed by atoms with Crippen molar-refractivity contribution in [3.63, 3.8) is 0 Å². The van der Waals surface area contributed by atoms with Gasteiger partial charge in [-0.1, -0.05) is 25.6 Å². The highest BCUT2D eigenvalue weighted by Crippen LogP contribution is 2.36. The number of fused-ring (bicyclic) bond motifs is 3. The highest BCUT2D eigenvalue weighted by Gasteiger charge is 2.26. The monoisotopic (exact) mass is 476 g/mol. The van der Waals surface area contributed by atoms with Gasteiger partial charge in [-0.15, -0.1) is 22.7 Å². The van der Waals surface area contributed by atoms with Crippen molar-refractivity contribution in [2.75, 3.05) is 5.32 Å². The van der Waals surface area contributed by atoms with Crippen LogP contribution in [0.5, 0.6) is 0 Å². The topological polar surface area (TPSA) is 107 Å². The maximum atomic E-state index is 13.4. The fourth-order valence-electron chi connectivity index (χ4n) is 3.70. The Hall–Kier alpha value is -2.17. The van der Waals surface area contributed by atoms with Gasteiger partial charge in [-0.05, 0) is 49.1 Å². The number of aryl methyl sites for hydroxylation is 2. The number of hydrogen-bond acceptors (Lipinski definition) is 7. The summed E-state index contributed by atoms with van der Waals surface area (Å²) in [5.74, 6) is -0.592. The minimum atomic E-state index is -0.583. The third kappa shape index (κ3) is 4.28. The zero-order valence-electron chi connectivity index (χ0n) is 17.6. The lowest BCUT2D eigenvalue weighted by Crippen LogP contribution is -2.28. The second-order valence-corrected chi connectivity index (χ2v) is 11.3. The summed E-state index contributed by atoms with van der Waals surface area (Å²) in [6.45, 7) is 6.42. The summed E-state index contributed by atoms with van der Waals surface area (Å²) in [4.78, 5) is 44.6. The van der Waals surface area contributed by atoms with E-state index in [9.17, 15) is 14.4 Å². The van der Waals surface area contributed by atoms with E-state index in [0.29, 0.717) is 22.3 Å². The molecular weight excluding hydrogens is 452 g/mol. The summed E-state index contributed by atoms with van der Waals surface area (Å²) in [5.41, 5.74) is 6.81. The van der Waals surface area contributed by atoms with Crippen LogP contribution in [-0.4, -0.2) is 26.6 Å². The maximum absolute atomic E-state index is 13.4. The molecule has 4 rings (SSSR count). The fraction of sp³-hybridized carbons (Fsp3) is 0.429. The molecular formula is C21H24N4O3S3. The van der Waals surface area contributed by atoms with E-state index >= 15 is 0 Å². The molecule has 0 aliphatic heterocycles. The lowest BCUT2D eigenvalue weighted by Gasteiger charge is -2.17. The van der Waals surface area contributed by atoms with Gasteiger partial charge in [0.2, 0.25) is 5.91 Å². The second kappa shape index (κ2) is 8.76. The van der Waals surface area contributed by atoms with Crippen molar-refractivity contribution >= 4 is 61.5 Å². The number of aromatic nitrogens is 2. The smallest absolute Gasteiger partial charge is 0.263 e. The van der Waals surface area contributed by atoms with E-state index in [1.807, 2.05) is 0 Å². The Morgan fingerprint density at radius 1 is 1.32 bits per heavy atom. The average Bonchev–Trinajstić information content (AvgIpc) is 3.40. The number of thioether (sulfide) groups is 1. The molecule has 0 unspecified atom stereocenters. The Labute approximate surface area is 192 Å². The first kappa shape index (κ1) is 22.0. The zero-order valence-corrected chi connectivity index (χ0v) is 20.0. The minimum absolute atomic E-state index is 0.0116. The summed E-state index contributed by atoms with van der Waals surface area (Å²) in [6, 6.07) is 1.59. The van der Waals surface area contributed by atoms with Crippen molar-refractivity contribution in [1.82, 2.24) is 9.55 Å². The summed E-state index contributed by atoms with van der Waals surface area (Å²) < 4.78 is 1.72. The van der Waals surface area contributed by atoms with Crippen LogP contribution in [0.3, 0.4) is 0 Å². The van der Waals surface area contributed by atoms with Gasteiger partial charge in [0, 0.05) is 11.4 Å². The number of nitrogens with two attached hydrogens (primary N) is 1. The SMILES string of the molecule is CC(C)Cn1c(S[C@H](C)C(=O)Nc2sccc2C(N)=O)nc2sc3c(c2c1=O)CCC3. The molecule has 3 aromatic rings. The summed E-state index contributed by atoms with van der Waals surface area (Å²) in [6.07, 6.45) is 3.02. The molecule has 2 amide bonds. The van der Waals surface area contributed by atoms with Crippen LogP contribution in [0.1, 0.15) is 48.0 Å². The van der Waals surface area contributed by atoms with Crippen LogP contribution in [-0.2, 0) is 24.2 Å². The van der Waals surface area contributed by atoms with Crippen LogP contribution in [0.15, 0.2) is 21.4 Å². The molecule has 3 aromatic heterocycles. The number of carbonyl (C=O) groups excluding carboxylic acids is 2. The number of amides is 2. The number of hydrogen-bond donors (Lipinski definition) is 2. The predicted molar refractivity (Wildman–Crippen MR) is 128 cm³/mol. The van der Waals surface area contributed by atoms with E-state index in [1.165, 1.54) is 28.0 Å². The molecule has 1 aliphatic carbocycles. The normalized spacial score (nSPS) is 14.2. The average molecular weight is 477 g/mol. The van der Waals surface area contributed by atoms with E-state index in [-0.39, 0.29) is 17.4 Å². The summed E-state index contributed by atoms with van der Waals surface area (Å²) >= 11 is 4.11. The lowest BCUT2D eigenvalue weighted by atomic mass is 10.2. The van der Waals surface area contributed by atoms with Crippen LogP contribution < -0.4 is 16.6 Å². The number of primary amides is 1. The first-order chi connectivity index (χ1) is 14.8. The minimum Gasteiger partial charge on any atom is -0.366 e. The van der Waals surface area contributed by atoms with Crippen LogP contribution in [0.4, 0.5) is 5.00 Å². The molecule has 0 saturated carbocycles. The molecule has 0 radical (unpaired) electrons.